The molecule has 125 valence electrons. The summed E-state index contributed by atoms with van der Waals surface area (Å²) in [6.07, 6.45) is 1.81. The van der Waals surface area contributed by atoms with Crippen LogP contribution in [0.3, 0.4) is 0 Å². The third-order valence-electron chi connectivity index (χ3n) is 3.69. The van der Waals surface area contributed by atoms with Crippen molar-refractivity contribution in [3.63, 3.8) is 0 Å². The fourth-order valence-corrected chi connectivity index (χ4v) is 3.17. The minimum atomic E-state index is -0.865. The van der Waals surface area contributed by atoms with Crippen molar-refractivity contribution in [1.29, 1.82) is 0 Å². The Hall–Kier alpha value is -2.72. The molecule has 1 aromatic heterocycles. The normalized spacial score (nSPS) is 11.6. The van der Waals surface area contributed by atoms with Gasteiger partial charge in [-0.3, -0.25) is 4.98 Å². The van der Waals surface area contributed by atoms with Crippen LogP contribution in [0, 0.1) is 6.92 Å². The molecule has 4 heteroatoms. The fraction of sp³-hybridized carbons (Fsp3) is 0.143. The highest BCUT2D eigenvalue weighted by Gasteiger charge is 2.13. The van der Waals surface area contributed by atoms with Crippen LogP contribution in [0.2, 0.25) is 13.1 Å². The Kier molecular flexibility index (Phi) is 5.41. The lowest BCUT2D eigenvalue weighted by molar-refractivity contribution is 0.582. The van der Waals surface area contributed by atoms with Gasteiger partial charge in [-0.25, -0.2) is 4.99 Å². The predicted molar refractivity (Wildman–Crippen MR) is 105 cm³/mol. The maximum Gasteiger partial charge on any atom is 0.274 e. The number of aliphatic imine (C=N–C) groups is 1. The molecule has 25 heavy (non-hydrogen) atoms. The van der Waals surface area contributed by atoms with Crippen molar-refractivity contribution in [2.24, 2.45) is 4.99 Å². The van der Waals surface area contributed by atoms with Crippen molar-refractivity contribution in [2.45, 2.75) is 20.0 Å². The van der Waals surface area contributed by atoms with Crippen molar-refractivity contribution < 1.29 is 4.43 Å². The molecule has 0 bridgehead atoms. The summed E-state index contributed by atoms with van der Waals surface area (Å²) < 4.78 is 6.02. The van der Waals surface area contributed by atoms with Crippen LogP contribution in [-0.2, 0) is 0 Å². The lowest BCUT2D eigenvalue weighted by Crippen LogP contribution is -2.12. The number of benzene rings is 2. The van der Waals surface area contributed by atoms with Crippen molar-refractivity contribution in [2.75, 3.05) is 0 Å². The number of rotatable bonds is 5. The molecule has 0 atom stereocenters. The first-order valence-electron chi connectivity index (χ1n) is 8.28. The molecule has 3 rings (SSSR count). The molecule has 0 unspecified atom stereocenters. The first-order valence-corrected chi connectivity index (χ1v) is 10.7. The van der Waals surface area contributed by atoms with E-state index in [-0.39, 0.29) is 0 Å². The van der Waals surface area contributed by atoms with Gasteiger partial charge in [0.25, 0.3) is 9.04 Å². The van der Waals surface area contributed by atoms with E-state index >= 15 is 0 Å². The quantitative estimate of drug-likeness (QED) is 0.471. The van der Waals surface area contributed by atoms with E-state index in [1.54, 1.807) is 0 Å². The van der Waals surface area contributed by atoms with Gasteiger partial charge in [-0.05, 0) is 43.8 Å². The van der Waals surface area contributed by atoms with Gasteiger partial charge in [-0.1, -0.05) is 48.5 Å². The Morgan fingerprint density at radius 2 is 1.64 bits per heavy atom. The van der Waals surface area contributed by atoms with Crippen LogP contribution in [0.15, 0.2) is 77.9 Å². The summed E-state index contributed by atoms with van der Waals surface area (Å²) in [6.45, 7) is 6.29. The van der Waals surface area contributed by atoms with Gasteiger partial charge in [-0.2, -0.15) is 0 Å². The van der Waals surface area contributed by atoms with E-state index in [1.807, 2.05) is 54.7 Å². The number of hydrogen-bond acceptors (Lipinski definition) is 3. The molecule has 1 heterocycles. The van der Waals surface area contributed by atoms with Crippen molar-refractivity contribution >= 4 is 20.4 Å². The summed E-state index contributed by atoms with van der Waals surface area (Å²) in [5, 5.41) is 0. The molecule has 0 aliphatic rings. The van der Waals surface area contributed by atoms with Crippen LogP contribution in [-0.4, -0.2) is 19.7 Å². The van der Waals surface area contributed by atoms with Gasteiger partial charge in [0.05, 0.1) is 11.4 Å². The molecule has 3 aromatic rings. The Labute approximate surface area is 150 Å². The predicted octanol–water partition coefficient (Wildman–Crippen LogP) is 5.19. The number of aryl methyl sites for hydroxylation is 1. The van der Waals surface area contributed by atoms with Crippen LogP contribution >= 0.6 is 0 Å². The van der Waals surface area contributed by atoms with E-state index in [4.69, 9.17) is 9.42 Å². The standard InChI is InChI=1S/C21H21N2OSi/c1-16-10-9-15-22-20(16)21(17-11-5-4-6-12-17)23-18-13-7-8-14-19(18)24-25(2)3/h4-15H,1-3H3. The lowest BCUT2D eigenvalue weighted by Gasteiger charge is -2.13. The smallest absolute Gasteiger partial charge is 0.274 e. The second kappa shape index (κ2) is 7.90. The van der Waals surface area contributed by atoms with Gasteiger partial charge in [0.15, 0.2) is 0 Å². The number of pyridine rings is 1. The Morgan fingerprint density at radius 3 is 2.36 bits per heavy atom. The molecule has 0 spiro atoms. The molecular formula is C21H21N2OSi. The van der Waals surface area contributed by atoms with E-state index in [0.29, 0.717) is 0 Å². The molecule has 0 N–H and O–H groups in total. The summed E-state index contributed by atoms with van der Waals surface area (Å²) in [4.78, 5) is 9.53. The monoisotopic (exact) mass is 345 g/mol. The third kappa shape index (κ3) is 4.22. The molecule has 0 aliphatic carbocycles. The molecular weight excluding hydrogens is 324 g/mol. The van der Waals surface area contributed by atoms with E-state index < -0.39 is 9.04 Å². The first kappa shape index (κ1) is 17.1. The van der Waals surface area contributed by atoms with Gasteiger partial charge in [-0.15, -0.1) is 0 Å². The highest BCUT2D eigenvalue weighted by atomic mass is 28.3. The molecule has 0 fully saturated rings. The molecule has 1 radical (unpaired) electrons. The van der Waals surface area contributed by atoms with Crippen LogP contribution in [0.1, 0.15) is 16.8 Å². The summed E-state index contributed by atoms with van der Waals surface area (Å²) >= 11 is 0. The average molecular weight is 345 g/mol. The molecule has 0 aliphatic heterocycles. The zero-order valence-corrected chi connectivity index (χ0v) is 15.7. The average Bonchev–Trinajstić information content (AvgIpc) is 2.62. The molecule has 0 amide bonds. The maximum atomic E-state index is 6.02. The fourth-order valence-electron chi connectivity index (χ4n) is 2.56. The summed E-state index contributed by atoms with van der Waals surface area (Å²) in [7, 11) is -0.865. The zero-order chi connectivity index (χ0) is 17.6. The number of hydrogen-bond donors (Lipinski definition) is 0. The second-order valence-electron chi connectivity index (χ2n) is 5.97. The minimum Gasteiger partial charge on any atom is -0.541 e. The number of nitrogens with zero attached hydrogens (tertiary/aromatic N) is 2. The lowest BCUT2D eigenvalue weighted by atomic mass is 10.0. The Balaban J connectivity index is 2.16. The van der Waals surface area contributed by atoms with Crippen molar-refractivity contribution in [3.8, 4) is 5.75 Å². The van der Waals surface area contributed by atoms with E-state index in [2.05, 4.69) is 43.2 Å². The largest absolute Gasteiger partial charge is 0.541 e. The highest BCUT2D eigenvalue weighted by molar-refractivity contribution is 6.49. The van der Waals surface area contributed by atoms with Gasteiger partial charge in [0.2, 0.25) is 0 Å². The number of para-hydroxylation sites is 2. The van der Waals surface area contributed by atoms with Crippen LogP contribution < -0.4 is 4.43 Å². The van der Waals surface area contributed by atoms with Crippen LogP contribution in [0.5, 0.6) is 5.75 Å². The SMILES string of the molecule is Cc1cccnc1C(=Nc1ccccc1O[Si](C)C)c1ccccc1. The van der Waals surface area contributed by atoms with Crippen LogP contribution in [0.25, 0.3) is 0 Å². The van der Waals surface area contributed by atoms with Gasteiger partial charge < -0.3 is 4.43 Å². The molecule has 3 nitrogen and oxygen atoms in total. The third-order valence-corrected chi connectivity index (χ3v) is 4.32. The summed E-state index contributed by atoms with van der Waals surface area (Å²) in [6, 6.07) is 22.1. The van der Waals surface area contributed by atoms with Gasteiger partial charge in [0, 0.05) is 11.8 Å². The minimum absolute atomic E-state index is 0.823. The topological polar surface area (TPSA) is 34.5 Å². The summed E-state index contributed by atoms with van der Waals surface area (Å²) in [5.41, 5.74) is 4.72. The number of aromatic nitrogens is 1. The zero-order valence-electron chi connectivity index (χ0n) is 14.7. The molecule has 2 aromatic carbocycles. The van der Waals surface area contributed by atoms with Gasteiger partial charge in [0.1, 0.15) is 11.4 Å². The Morgan fingerprint density at radius 1 is 0.920 bits per heavy atom. The van der Waals surface area contributed by atoms with E-state index in [9.17, 15) is 0 Å². The van der Waals surface area contributed by atoms with Crippen LogP contribution in [0.4, 0.5) is 5.69 Å². The van der Waals surface area contributed by atoms with Gasteiger partial charge >= 0.3 is 0 Å². The molecule has 0 saturated heterocycles. The molecule has 0 saturated carbocycles. The second-order valence-corrected chi connectivity index (χ2v) is 7.99. The van der Waals surface area contributed by atoms with Crippen molar-refractivity contribution in [3.05, 3.63) is 89.7 Å². The highest BCUT2D eigenvalue weighted by Crippen LogP contribution is 2.29. The van der Waals surface area contributed by atoms with Crippen molar-refractivity contribution in [1.82, 2.24) is 4.98 Å². The van der Waals surface area contributed by atoms with E-state index in [1.165, 1.54) is 0 Å². The Bertz CT molecular complexity index is 876. The first-order chi connectivity index (χ1) is 12.1. The summed E-state index contributed by atoms with van der Waals surface area (Å²) in [5.74, 6) is 0.823. The van der Waals surface area contributed by atoms with E-state index in [0.717, 1.165) is 34.0 Å². The maximum absolute atomic E-state index is 6.02.